The summed E-state index contributed by atoms with van der Waals surface area (Å²) in [6.07, 6.45) is -4.54. The van der Waals surface area contributed by atoms with Gasteiger partial charge in [0.25, 0.3) is 0 Å². The molecular weight excluding hydrogens is 704 g/mol. The molecule has 0 fully saturated rings. The molecule has 12 heteroatoms. The smallest absolute Gasteiger partial charge is 0.416 e. The van der Waals surface area contributed by atoms with E-state index in [0.717, 1.165) is 34.9 Å². The number of carbonyl (C=O) groups is 1. The Hall–Kier alpha value is -5.88. The van der Waals surface area contributed by atoms with Gasteiger partial charge in [0.2, 0.25) is 5.91 Å². The lowest BCUT2D eigenvalue weighted by molar-refractivity contribution is -0.137. The highest BCUT2D eigenvalue weighted by Gasteiger charge is 2.32. The number of hydrogen-bond acceptors (Lipinski definition) is 6. The number of benzene rings is 5. The molecule has 1 heterocycles. The van der Waals surface area contributed by atoms with E-state index in [1.807, 2.05) is 91.0 Å². The van der Waals surface area contributed by atoms with Crippen LogP contribution in [0, 0.1) is 6.92 Å². The third-order valence-electron chi connectivity index (χ3n) is 8.54. The standard InChI is InChI=1S/C41H36F3N3O5S/c1-29-21-22-39(52-53(49,50)34-20-12-17-32(26-34)41(42,43)44)35(25-29)36-27-37(30-13-6-3-7-14-30)47(45-36)28-40(48)46(2)24-23-38(31-15-8-4-9-16-31)51-33-18-10-5-11-19-33/h3-22,25-27,38H,23-24,28H2,1-2H3/t38-/m1/s1. The average molecular weight is 740 g/mol. The quantitative estimate of drug-likeness (QED) is 0.110. The van der Waals surface area contributed by atoms with Gasteiger partial charge in [-0.25, -0.2) is 0 Å². The van der Waals surface area contributed by atoms with Crippen LogP contribution in [0.15, 0.2) is 144 Å². The van der Waals surface area contributed by atoms with Gasteiger partial charge in [0.15, 0.2) is 5.75 Å². The fraction of sp³-hybridized carbons (Fsp3) is 0.171. The van der Waals surface area contributed by atoms with E-state index < -0.39 is 26.8 Å². The van der Waals surface area contributed by atoms with Crippen molar-refractivity contribution in [2.75, 3.05) is 13.6 Å². The number of carbonyl (C=O) groups excluding carboxylic acids is 1. The van der Waals surface area contributed by atoms with Gasteiger partial charge < -0.3 is 13.8 Å². The third kappa shape index (κ3) is 9.14. The maximum Gasteiger partial charge on any atom is 0.416 e. The number of aromatic nitrogens is 2. The molecule has 0 spiro atoms. The fourth-order valence-electron chi connectivity index (χ4n) is 5.73. The molecule has 0 N–H and O–H groups in total. The molecule has 0 radical (unpaired) electrons. The van der Waals surface area contributed by atoms with Gasteiger partial charge in [-0.2, -0.15) is 26.7 Å². The molecule has 0 unspecified atom stereocenters. The van der Waals surface area contributed by atoms with Crippen molar-refractivity contribution in [3.8, 4) is 34.0 Å². The summed E-state index contributed by atoms with van der Waals surface area (Å²) < 4.78 is 80.1. The molecule has 1 aromatic heterocycles. The van der Waals surface area contributed by atoms with Crippen LogP contribution in [0.25, 0.3) is 22.5 Å². The van der Waals surface area contributed by atoms with Gasteiger partial charge in [-0.15, -0.1) is 0 Å². The highest BCUT2D eigenvalue weighted by molar-refractivity contribution is 7.87. The fourth-order valence-corrected chi connectivity index (χ4v) is 6.72. The Morgan fingerprint density at radius 2 is 1.49 bits per heavy atom. The molecule has 8 nitrogen and oxygen atoms in total. The second kappa shape index (κ2) is 15.8. The topological polar surface area (TPSA) is 90.7 Å². The van der Waals surface area contributed by atoms with E-state index in [4.69, 9.17) is 14.0 Å². The van der Waals surface area contributed by atoms with Crippen molar-refractivity contribution in [2.45, 2.75) is 37.1 Å². The van der Waals surface area contributed by atoms with E-state index in [9.17, 15) is 26.4 Å². The summed E-state index contributed by atoms with van der Waals surface area (Å²) in [6, 6.07) is 38.4. The molecule has 0 bridgehead atoms. The van der Waals surface area contributed by atoms with Gasteiger partial charge in [0.1, 0.15) is 23.3 Å². The van der Waals surface area contributed by atoms with Crippen LogP contribution >= 0.6 is 0 Å². The van der Waals surface area contributed by atoms with Crippen molar-refractivity contribution in [2.24, 2.45) is 0 Å². The zero-order chi connectivity index (χ0) is 37.6. The van der Waals surface area contributed by atoms with E-state index in [1.54, 1.807) is 41.8 Å². The Labute approximate surface area is 306 Å². The third-order valence-corrected chi connectivity index (χ3v) is 9.77. The van der Waals surface area contributed by atoms with E-state index >= 15 is 0 Å². The Balaban J connectivity index is 1.27. The predicted octanol–water partition coefficient (Wildman–Crippen LogP) is 8.98. The molecule has 6 aromatic rings. The molecule has 0 aliphatic heterocycles. The summed E-state index contributed by atoms with van der Waals surface area (Å²) in [4.78, 5) is 14.7. The first-order valence-corrected chi connectivity index (χ1v) is 18.1. The van der Waals surface area contributed by atoms with Gasteiger partial charge in [0.05, 0.1) is 17.0 Å². The van der Waals surface area contributed by atoms with Crippen LogP contribution in [-0.4, -0.2) is 42.6 Å². The molecule has 1 atom stereocenters. The zero-order valence-corrected chi connectivity index (χ0v) is 29.7. The van der Waals surface area contributed by atoms with Crippen molar-refractivity contribution in [3.63, 3.8) is 0 Å². The molecule has 0 saturated heterocycles. The van der Waals surface area contributed by atoms with Gasteiger partial charge in [-0.1, -0.05) is 96.6 Å². The van der Waals surface area contributed by atoms with Crippen LogP contribution in [0.5, 0.6) is 11.5 Å². The Morgan fingerprint density at radius 1 is 0.830 bits per heavy atom. The summed E-state index contributed by atoms with van der Waals surface area (Å²) in [5.41, 5.74) is 2.54. The highest BCUT2D eigenvalue weighted by atomic mass is 32.2. The van der Waals surface area contributed by atoms with Crippen LogP contribution in [-0.2, 0) is 27.6 Å². The zero-order valence-electron chi connectivity index (χ0n) is 28.9. The lowest BCUT2D eigenvalue weighted by atomic mass is 10.1. The number of hydrogen-bond donors (Lipinski definition) is 0. The summed E-state index contributed by atoms with van der Waals surface area (Å²) >= 11 is 0. The monoisotopic (exact) mass is 739 g/mol. The first-order valence-electron chi connectivity index (χ1n) is 16.7. The van der Waals surface area contributed by atoms with E-state index in [-0.39, 0.29) is 29.9 Å². The van der Waals surface area contributed by atoms with E-state index in [1.165, 1.54) is 6.07 Å². The Kier molecular flexibility index (Phi) is 11.0. The first-order chi connectivity index (χ1) is 25.4. The summed E-state index contributed by atoms with van der Waals surface area (Å²) in [6.45, 7) is 2.04. The van der Waals surface area contributed by atoms with Crippen LogP contribution < -0.4 is 8.92 Å². The van der Waals surface area contributed by atoms with Crippen molar-refractivity contribution >= 4 is 16.0 Å². The number of amides is 1. The Bertz CT molecular complexity index is 2280. The van der Waals surface area contributed by atoms with Crippen molar-refractivity contribution in [1.82, 2.24) is 14.7 Å². The SMILES string of the molecule is Cc1ccc(OS(=O)(=O)c2cccc(C(F)(F)F)c2)c(-c2cc(-c3ccccc3)n(CC(=O)N(C)CC[C@@H](Oc3ccccc3)c3ccccc3)n2)c1. The van der Waals surface area contributed by atoms with Gasteiger partial charge in [-0.3, -0.25) is 9.48 Å². The molecule has 0 aliphatic rings. The minimum atomic E-state index is -4.74. The van der Waals surface area contributed by atoms with E-state index in [2.05, 4.69) is 0 Å². The molecular formula is C41H36F3N3O5S. The summed E-state index contributed by atoms with van der Waals surface area (Å²) in [5.74, 6) is 0.358. The molecule has 1 amide bonds. The molecule has 6 rings (SSSR count). The molecule has 0 aliphatic carbocycles. The largest absolute Gasteiger partial charge is 0.486 e. The average Bonchev–Trinajstić information content (AvgIpc) is 3.58. The Morgan fingerprint density at radius 3 is 2.17 bits per heavy atom. The lowest BCUT2D eigenvalue weighted by Gasteiger charge is -2.24. The number of aryl methyl sites for hydroxylation is 1. The van der Waals surface area contributed by atoms with Crippen molar-refractivity contribution < 1.29 is 35.3 Å². The summed E-state index contributed by atoms with van der Waals surface area (Å²) in [5, 5.41) is 4.75. The molecule has 53 heavy (non-hydrogen) atoms. The number of halogens is 3. The van der Waals surface area contributed by atoms with Gasteiger partial charge >= 0.3 is 16.3 Å². The molecule has 0 saturated carbocycles. The van der Waals surface area contributed by atoms with Gasteiger partial charge in [-0.05, 0) is 66.6 Å². The van der Waals surface area contributed by atoms with Crippen molar-refractivity contribution in [1.29, 1.82) is 0 Å². The maximum absolute atomic E-state index is 13.8. The minimum Gasteiger partial charge on any atom is -0.486 e. The number of ether oxygens (including phenoxy) is 1. The predicted molar refractivity (Wildman–Crippen MR) is 196 cm³/mol. The minimum absolute atomic E-state index is 0.133. The first kappa shape index (κ1) is 36.9. The molecule has 272 valence electrons. The van der Waals surface area contributed by atoms with E-state index in [0.29, 0.717) is 36.2 Å². The van der Waals surface area contributed by atoms with Crippen molar-refractivity contribution in [3.05, 3.63) is 156 Å². The number of nitrogens with zero attached hydrogens (tertiary/aromatic N) is 3. The van der Waals surface area contributed by atoms with Crippen LogP contribution in [0.3, 0.4) is 0 Å². The second-order valence-electron chi connectivity index (χ2n) is 12.4. The van der Waals surface area contributed by atoms with Crippen LogP contribution in [0.1, 0.15) is 29.2 Å². The number of likely N-dealkylation sites (N-methyl/N-ethyl adjacent to an activating group) is 1. The summed E-state index contributed by atoms with van der Waals surface area (Å²) in [7, 11) is -2.97. The van der Waals surface area contributed by atoms with Gasteiger partial charge in [0, 0.05) is 25.6 Å². The molecule has 5 aromatic carbocycles. The normalized spacial score (nSPS) is 12.2. The number of alkyl halides is 3. The van der Waals surface area contributed by atoms with Crippen LogP contribution in [0.2, 0.25) is 0 Å². The highest BCUT2D eigenvalue weighted by Crippen LogP contribution is 2.36. The number of para-hydroxylation sites is 1. The van der Waals surface area contributed by atoms with Crippen LogP contribution in [0.4, 0.5) is 13.2 Å². The lowest BCUT2D eigenvalue weighted by Crippen LogP contribution is -2.32. The number of rotatable bonds is 13. The second-order valence-corrected chi connectivity index (χ2v) is 14.0. The maximum atomic E-state index is 13.8.